The van der Waals surface area contributed by atoms with Gasteiger partial charge in [0.2, 0.25) is 0 Å². The third-order valence-electron chi connectivity index (χ3n) is 11.6. The Morgan fingerprint density at radius 1 is 0.705 bits per heavy atom. The first-order valence-corrected chi connectivity index (χ1v) is 23.4. The topological polar surface area (TPSA) is 158 Å². The second-order valence-corrected chi connectivity index (χ2v) is 21.1. The number of amides is 1. The number of nitrogens with one attached hydrogen (secondary N) is 1. The second-order valence-electron chi connectivity index (χ2n) is 17.4. The monoisotopic (exact) mass is 890 g/mol. The van der Waals surface area contributed by atoms with Crippen molar-refractivity contribution in [3.05, 3.63) is 73.1 Å². The van der Waals surface area contributed by atoms with E-state index in [0.29, 0.717) is 27.1 Å². The Balaban J connectivity index is 0.000000133. The van der Waals surface area contributed by atoms with Gasteiger partial charge < -0.3 is 24.8 Å². The molecule has 16 heteroatoms. The van der Waals surface area contributed by atoms with E-state index in [1.807, 2.05) is 32.9 Å². The van der Waals surface area contributed by atoms with Crippen molar-refractivity contribution in [3.63, 3.8) is 0 Å². The summed E-state index contributed by atoms with van der Waals surface area (Å²) in [6.07, 6.45) is 7.68. The lowest BCUT2D eigenvalue weighted by Crippen LogP contribution is -2.73. The molecule has 0 atom stereocenters. The summed E-state index contributed by atoms with van der Waals surface area (Å²) in [6.45, 7) is 19.5. The summed E-state index contributed by atoms with van der Waals surface area (Å²) in [4.78, 5) is 38.5. The summed E-state index contributed by atoms with van der Waals surface area (Å²) in [5.41, 5.74) is 4.01. The fourth-order valence-corrected chi connectivity index (χ4v) is 11.6. The van der Waals surface area contributed by atoms with Crippen molar-refractivity contribution in [2.75, 3.05) is 62.2 Å². The molecule has 0 radical (unpaired) electrons. The van der Waals surface area contributed by atoms with Gasteiger partial charge in [-0.2, -0.15) is 15.8 Å². The molecule has 2 spiro atoms. The quantitative estimate of drug-likeness (QED) is 0.176. The fraction of sp³-hybridized carbons (Fsp3) is 0.444. The number of thiophene rings is 3. The van der Waals surface area contributed by atoms with Crippen molar-refractivity contribution in [2.24, 2.45) is 10.8 Å². The maximum Gasteiger partial charge on any atom is 0.410 e. The molecule has 0 aliphatic carbocycles. The van der Waals surface area contributed by atoms with Gasteiger partial charge in [0.1, 0.15) is 38.3 Å². The number of nitrogens with zero attached hydrogens (tertiary/aromatic N) is 9. The number of nitriles is 3. The predicted octanol–water partition coefficient (Wildman–Crippen LogP) is 9.31. The summed E-state index contributed by atoms with van der Waals surface area (Å²) in [5.74, 6) is 0. The number of ether oxygens (including phenoxy) is 1. The van der Waals surface area contributed by atoms with Crippen LogP contribution in [0.3, 0.4) is 0 Å². The third-order valence-corrected chi connectivity index (χ3v) is 15.5. The van der Waals surface area contributed by atoms with Crippen molar-refractivity contribution in [1.82, 2.24) is 25.2 Å². The van der Waals surface area contributed by atoms with Crippen molar-refractivity contribution < 1.29 is 9.53 Å². The molecule has 1 amide bonds. The SMILES string of the molecule is CCc1cc2c(Cl)c(C#N)cnc2s1.CCc1cc2c(N3CC4(CN(C(=O)OC(C)(C)C)C4)C3)c(C#N)cnc2s1.CCc1cc2c(N3CC4(CNC4)C3)c(C#N)cnc2s1. The molecular weight excluding hydrogens is 844 g/mol. The maximum absolute atomic E-state index is 12.2. The lowest BCUT2D eigenvalue weighted by atomic mass is 9.72. The Bertz CT molecular complexity index is 2780. The number of hydrogen-bond acceptors (Lipinski definition) is 14. The van der Waals surface area contributed by atoms with E-state index in [0.717, 1.165) is 114 Å². The first-order valence-electron chi connectivity index (χ1n) is 20.5. The van der Waals surface area contributed by atoms with E-state index in [9.17, 15) is 15.3 Å². The average Bonchev–Trinajstić information content (AvgIpc) is 3.92. The summed E-state index contributed by atoms with van der Waals surface area (Å²) >= 11 is 11.1. The number of likely N-dealkylation sites (tertiary alicyclic amines) is 1. The van der Waals surface area contributed by atoms with Gasteiger partial charge in [-0.25, -0.2) is 19.7 Å². The molecular formula is C45H47ClN10O2S3. The van der Waals surface area contributed by atoms with Crippen LogP contribution in [0.25, 0.3) is 30.6 Å². The van der Waals surface area contributed by atoms with Gasteiger partial charge in [-0.3, -0.25) is 0 Å². The van der Waals surface area contributed by atoms with Gasteiger partial charge in [0.05, 0.1) is 33.1 Å². The van der Waals surface area contributed by atoms with Crippen molar-refractivity contribution >= 4 is 93.7 Å². The molecule has 10 heterocycles. The number of carbonyl (C=O) groups is 1. The molecule has 0 saturated carbocycles. The highest BCUT2D eigenvalue weighted by Gasteiger charge is 2.54. The zero-order valence-electron chi connectivity index (χ0n) is 35.2. The Kier molecular flexibility index (Phi) is 11.6. The minimum Gasteiger partial charge on any atom is -0.444 e. The van der Waals surface area contributed by atoms with Crippen molar-refractivity contribution in [1.29, 1.82) is 15.8 Å². The molecule has 4 aliphatic heterocycles. The molecule has 6 aromatic heterocycles. The number of aromatic nitrogens is 3. The van der Waals surface area contributed by atoms with Gasteiger partial charge >= 0.3 is 6.09 Å². The number of carbonyl (C=O) groups excluding carboxylic acids is 1. The van der Waals surface area contributed by atoms with E-state index in [-0.39, 0.29) is 11.5 Å². The van der Waals surface area contributed by atoms with E-state index in [1.54, 1.807) is 51.3 Å². The number of halogens is 1. The Hall–Kier alpha value is -5.08. The Labute approximate surface area is 373 Å². The van der Waals surface area contributed by atoms with Crippen LogP contribution in [-0.4, -0.2) is 83.9 Å². The molecule has 1 N–H and O–H groups in total. The van der Waals surface area contributed by atoms with Gasteiger partial charge in [0.15, 0.2) is 0 Å². The minimum absolute atomic E-state index is 0.128. The van der Waals surface area contributed by atoms with Crippen LogP contribution in [0.15, 0.2) is 36.8 Å². The Morgan fingerprint density at radius 3 is 1.51 bits per heavy atom. The van der Waals surface area contributed by atoms with Crippen LogP contribution in [0, 0.1) is 44.8 Å². The van der Waals surface area contributed by atoms with E-state index in [2.05, 4.69) is 75.1 Å². The smallest absolute Gasteiger partial charge is 0.410 e. The molecule has 61 heavy (non-hydrogen) atoms. The first-order chi connectivity index (χ1) is 29.2. The second kappa shape index (κ2) is 16.7. The van der Waals surface area contributed by atoms with E-state index in [1.165, 1.54) is 20.8 Å². The molecule has 4 aliphatic rings. The minimum atomic E-state index is -0.467. The highest BCUT2D eigenvalue weighted by atomic mass is 35.5. The van der Waals surface area contributed by atoms with Gasteiger partial charge in [0.25, 0.3) is 0 Å². The number of rotatable bonds is 5. The molecule has 12 nitrogen and oxygen atoms in total. The normalized spacial score (nSPS) is 16.9. The van der Waals surface area contributed by atoms with E-state index >= 15 is 0 Å². The van der Waals surface area contributed by atoms with Gasteiger partial charge in [-0.05, 0) is 58.2 Å². The third kappa shape index (κ3) is 8.20. The van der Waals surface area contributed by atoms with Crippen LogP contribution in [0.5, 0.6) is 0 Å². The van der Waals surface area contributed by atoms with Crippen LogP contribution in [-0.2, 0) is 24.0 Å². The Morgan fingerprint density at radius 2 is 1.11 bits per heavy atom. The first kappa shape index (κ1) is 42.6. The molecule has 6 aromatic rings. The van der Waals surface area contributed by atoms with E-state index in [4.69, 9.17) is 21.6 Å². The largest absolute Gasteiger partial charge is 0.444 e. The summed E-state index contributed by atoms with van der Waals surface area (Å²) in [5, 5.41) is 34.7. The number of pyridine rings is 3. The highest BCUT2D eigenvalue weighted by molar-refractivity contribution is 7.19. The summed E-state index contributed by atoms with van der Waals surface area (Å²) < 4.78 is 5.45. The molecule has 0 bridgehead atoms. The fourth-order valence-electron chi connectivity index (χ4n) is 8.47. The van der Waals surface area contributed by atoms with Crippen LogP contribution >= 0.6 is 45.6 Å². The molecule has 0 unspecified atom stereocenters. The van der Waals surface area contributed by atoms with Crippen LogP contribution < -0.4 is 15.1 Å². The summed E-state index contributed by atoms with van der Waals surface area (Å²) in [7, 11) is 0. The van der Waals surface area contributed by atoms with Crippen molar-refractivity contribution in [2.45, 2.75) is 66.4 Å². The zero-order valence-corrected chi connectivity index (χ0v) is 38.4. The standard InChI is InChI=1S/C20H24N4O2S.C15H16N4S.C10H7ClN2S/c1-5-14-6-15-16(13(7-21)8-22-17(15)27-14)23-9-20(10-23)11-24(12-20)18(25)26-19(2,3)4;1-2-11-3-12-13(10(4-16)5-18-14(12)20-11)19-8-15(9-19)6-17-7-15;1-2-7-3-8-9(11)6(4-12)5-13-10(8)14-7/h6,8H,5,9-12H2,1-4H3;3,5,17H,2,6-9H2,1H3;3,5H,2H2,1H3. The van der Waals surface area contributed by atoms with Crippen LogP contribution in [0.4, 0.5) is 16.2 Å². The molecule has 4 fully saturated rings. The van der Waals surface area contributed by atoms with Gasteiger partial charge in [0, 0.05) is 113 Å². The molecule has 314 valence electrons. The highest BCUT2D eigenvalue weighted by Crippen LogP contribution is 2.46. The molecule has 0 aromatic carbocycles. The lowest BCUT2D eigenvalue weighted by molar-refractivity contribution is -0.0452. The predicted molar refractivity (Wildman–Crippen MR) is 246 cm³/mol. The van der Waals surface area contributed by atoms with E-state index < -0.39 is 5.60 Å². The zero-order chi connectivity index (χ0) is 43.3. The van der Waals surface area contributed by atoms with Crippen molar-refractivity contribution in [3.8, 4) is 18.2 Å². The van der Waals surface area contributed by atoms with Gasteiger partial charge in [-0.1, -0.05) is 32.4 Å². The molecule has 4 saturated heterocycles. The average molecular weight is 892 g/mol. The maximum atomic E-state index is 12.2. The number of hydrogen-bond donors (Lipinski definition) is 1. The van der Waals surface area contributed by atoms with Crippen LogP contribution in [0.1, 0.15) is 72.9 Å². The number of aryl methyl sites for hydroxylation is 3. The number of fused-ring (bicyclic) bond motifs is 3. The lowest BCUT2D eigenvalue weighted by Gasteiger charge is -2.60. The molecule has 10 rings (SSSR count). The number of anilines is 2. The summed E-state index contributed by atoms with van der Waals surface area (Å²) in [6, 6.07) is 13.0. The van der Waals surface area contributed by atoms with Gasteiger partial charge in [-0.15, -0.1) is 34.0 Å². The van der Waals surface area contributed by atoms with Crippen LogP contribution in [0.2, 0.25) is 5.02 Å².